The highest BCUT2D eigenvalue weighted by atomic mass is 16.5. The lowest BCUT2D eigenvalue weighted by Gasteiger charge is -2.27. The van der Waals surface area contributed by atoms with Gasteiger partial charge in [-0.05, 0) is 44.6 Å². The Morgan fingerprint density at radius 2 is 1.82 bits per heavy atom. The SMILES string of the molecule is CNCC(=CC1CCOCC1)C1CCCCC1. The zero-order chi connectivity index (χ0) is 11.9. The van der Waals surface area contributed by atoms with Gasteiger partial charge in [0.1, 0.15) is 0 Å². The molecule has 0 amide bonds. The monoisotopic (exact) mass is 237 g/mol. The lowest BCUT2D eigenvalue weighted by molar-refractivity contribution is 0.0781. The normalized spacial score (nSPS) is 25.1. The van der Waals surface area contributed by atoms with E-state index in [9.17, 15) is 0 Å². The zero-order valence-electron chi connectivity index (χ0n) is 11.2. The second-order valence-electron chi connectivity index (χ2n) is 5.56. The minimum Gasteiger partial charge on any atom is -0.381 e. The molecule has 2 heteroatoms. The van der Waals surface area contributed by atoms with Crippen LogP contribution in [0.2, 0.25) is 0 Å². The van der Waals surface area contributed by atoms with Crippen LogP contribution in [0.25, 0.3) is 0 Å². The summed E-state index contributed by atoms with van der Waals surface area (Å²) in [7, 11) is 2.07. The zero-order valence-corrected chi connectivity index (χ0v) is 11.2. The van der Waals surface area contributed by atoms with Crippen LogP contribution >= 0.6 is 0 Å². The van der Waals surface area contributed by atoms with Gasteiger partial charge in [0.15, 0.2) is 0 Å². The first-order chi connectivity index (χ1) is 8.40. The van der Waals surface area contributed by atoms with Crippen molar-refractivity contribution >= 4 is 0 Å². The van der Waals surface area contributed by atoms with Crippen LogP contribution in [0.1, 0.15) is 44.9 Å². The van der Waals surface area contributed by atoms with Gasteiger partial charge in [-0.2, -0.15) is 0 Å². The van der Waals surface area contributed by atoms with E-state index in [-0.39, 0.29) is 0 Å². The summed E-state index contributed by atoms with van der Waals surface area (Å²) in [6.45, 7) is 3.00. The van der Waals surface area contributed by atoms with Crippen molar-refractivity contribution in [3.05, 3.63) is 11.6 Å². The summed E-state index contributed by atoms with van der Waals surface area (Å²) in [5, 5.41) is 3.36. The van der Waals surface area contributed by atoms with Gasteiger partial charge in [0.25, 0.3) is 0 Å². The third-order valence-electron chi connectivity index (χ3n) is 4.23. The Morgan fingerprint density at radius 3 is 2.47 bits per heavy atom. The van der Waals surface area contributed by atoms with Crippen molar-refractivity contribution in [1.29, 1.82) is 0 Å². The molecular weight excluding hydrogens is 210 g/mol. The molecule has 0 unspecified atom stereocenters. The van der Waals surface area contributed by atoms with E-state index in [1.165, 1.54) is 44.9 Å². The maximum atomic E-state index is 5.44. The van der Waals surface area contributed by atoms with Crippen LogP contribution in [0.15, 0.2) is 11.6 Å². The highest BCUT2D eigenvalue weighted by Gasteiger charge is 2.19. The van der Waals surface area contributed by atoms with Crippen molar-refractivity contribution < 1.29 is 4.74 Å². The molecule has 0 spiro atoms. The maximum absolute atomic E-state index is 5.44. The van der Waals surface area contributed by atoms with Gasteiger partial charge in [-0.3, -0.25) is 0 Å². The van der Waals surface area contributed by atoms with E-state index in [1.807, 2.05) is 0 Å². The molecule has 1 aliphatic heterocycles. The van der Waals surface area contributed by atoms with Crippen molar-refractivity contribution in [3.8, 4) is 0 Å². The number of hydrogen-bond donors (Lipinski definition) is 1. The highest BCUT2D eigenvalue weighted by molar-refractivity contribution is 5.11. The van der Waals surface area contributed by atoms with Crippen LogP contribution in [0, 0.1) is 11.8 Å². The lowest BCUT2D eigenvalue weighted by atomic mass is 9.81. The second kappa shape index (κ2) is 7.17. The van der Waals surface area contributed by atoms with Gasteiger partial charge in [-0.25, -0.2) is 0 Å². The minimum atomic E-state index is 0.772. The Hall–Kier alpha value is -0.340. The molecule has 1 heterocycles. The molecular formula is C15H27NO. The van der Waals surface area contributed by atoms with Gasteiger partial charge in [0.2, 0.25) is 0 Å². The maximum Gasteiger partial charge on any atom is 0.0471 e. The van der Waals surface area contributed by atoms with Crippen LogP contribution in [0.3, 0.4) is 0 Å². The standard InChI is InChI=1S/C15H27NO/c1-16-12-15(14-5-3-2-4-6-14)11-13-7-9-17-10-8-13/h11,13-14,16H,2-10,12H2,1H3. The summed E-state index contributed by atoms with van der Waals surface area (Å²) in [4.78, 5) is 0. The molecule has 17 heavy (non-hydrogen) atoms. The van der Waals surface area contributed by atoms with Gasteiger partial charge in [-0.15, -0.1) is 0 Å². The van der Waals surface area contributed by atoms with Crippen molar-refractivity contribution in [3.63, 3.8) is 0 Å². The number of nitrogens with one attached hydrogen (secondary N) is 1. The summed E-state index contributed by atoms with van der Waals surface area (Å²) in [6, 6.07) is 0. The Labute approximate surface area is 106 Å². The molecule has 2 aliphatic rings. The molecule has 1 N–H and O–H groups in total. The van der Waals surface area contributed by atoms with E-state index in [4.69, 9.17) is 4.74 Å². The Morgan fingerprint density at radius 1 is 1.12 bits per heavy atom. The fourth-order valence-corrected chi connectivity index (χ4v) is 3.20. The average Bonchev–Trinajstić information content (AvgIpc) is 2.40. The summed E-state index contributed by atoms with van der Waals surface area (Å²) in [5.74, 6) is 1.63. The predicted molar refractivity (Wildman–Crippen MR) is 72.1 cm³/mol. The van der Waals surface area contributed by atoms with Crippen LogP contribution in [-0.2, 0) is 4.74 Å². The minimum absolute atomic E-state index is 0.772. The molecule has 0 bridgehead atoms. The van der Waals surface area contributed by atoms with Gasteiger partial charge >= 0.3 is 0 Å². The molecule has 0 aromatic carbocycles. The first-order valence-electron chi connectivity index (χ1n) is 7.33. The summed E-state index contributed by atoms with van der Waals surface area (Å²) in [6.07, 6.45) is 12.2. The van der Waals surface area contributed by atoms with Crippen LogP contribution in [-0.4, -0.2) is 26.8 Å². The number of allylic oxidation sites excluding steroid dienone is 1. The van der Waals surface area contributed by atoms with Crippen LogP contribution in [0.4, 0.5) is 0 Å². The lowest BCUT2D eigenvalue weighted by Crippen LogP contribution is -2.22. The number of hydrogen-bond acceptors (Lipinski definition) is 2. The molecule has 1 aliphatic carbocycles. The number of likely N-dealkylation sites (N-methyl/N-ethyl adjacent to an activating group) is 1. The van der Waals surface area contributed by atoms with E-state index >= 15 is 0 Å². The molecule has 0 atom stereocenters. The third-order valence-corrected chi connectivity index (χ3v) is 4.23. The third kappa shape index (κ3) is 4.11. The molecule has 1 saturated carbocycles. The van der Waals surface area contributed by atoms with Crippen molar-refractivity contribution in [2.75, 3.05) is 26.8 Å². The first-order valence-corrected chi connectivity index (χ1v) is 7.33. The van der Waals surface area contributed by atoms with Crippen molar-refractivity contribution in [2.24, 2.45) is 11.8 Å². The number of ether oxygens (including phenoxy) is 1. The van der Waals surface area contributed by atoms with Crippen LogP contribution in [0.5, 0.6) is 0 Å². The molecule has 0 aromatic heterocycles. The molecule has 2 fully saturated rings. The summed E-state index contributed by atoms with van der Waals surface area (Å²) >= 11 is 0. The van der Waals surface area contributed by atoms with E-state index in [1.54, 1.807) is 5.57 Å². The fourth-order valence-electron chi connectivity index (χ4n) is 3.20. The van der Waals surface area contributed by atoms with E-state index in [2.05, 4.69) is 18.4 Å². The number of rotatable bonds is 4. The molecule has 0 radical (unpaired) electrons. The average molecular weight is 237 g/mol. The highest BCUT2D eigenvalue weighted by Crippen LogP contribution is 2.31. The molecule has 98 valence electrons. The summed E-state index contributed by atoms with van der Waals surface area (Å²) < 4.78 is 5.44. The largest absolute Gasteiger partial charge is 0.381 e. The molecule has 1 saturated heterocycles. The molecule has 2 nitrogen and oxygen atoms in total. The van der Waals surface area contributed by atoms with Gasteiger partial charge in [0.05, 0.1) is 0 Å². The Bertz CT molecular complexity index is 237. The smallest absolute Gasteiger partial charge is 0.0471 e. The first kappa shape index (κ1) is 13.1. The predicted octanol–water partition coefficient (Wildman–Crippen LogP) is 3.14. The fraction of sp³-hybridized carbons (Fsp3) is 0.867. The van der Waals surface area contributed by atoms with E-state index in [0.29, 0.717) is 0 Å². The molecule has 2 rings (SSSR count). The van der Waals surface area contributed by atoms with Crippen LogP contribution < -0.4 is 5.32 Å². The Balaban J connectivity index is 1.95. The Kier molecular flexibility index (Phi) is 5.53. The van der Waals surface area contributed by atoms with Gasteiger partial charge < -0.3 is 10.1 Å². The second-order valence-corrected chi connectivity index (χ2v) is 5.56. The summed E-state index contributed by atoms with van der Waals surface area (Å²) in [5.41, 5.74) is 1.68. The van der Waals surface area contributed by atoms with E-state index in [0.717, 1.165) is 31.6 Å². The van der Waals surface area contributed by atoms with Crippen molar-refractivity contribution in [1.82, 2.24) is 5.32 Å². The van der Waals surface area contributed by atoms with Gasteiger partial charge in [0, 0.05) is 19.8 Å². The van der Waals surface area contributed by atoms with Crippen molar-refractivity contribution in [2.45, 2.75) is 44.9 Å². The van der Waals surface area contributed by atoms with Gasteiger partial charge in [-0.1, -0.05) is 30.9 Å². The molecule has 0 aromatic rings. The quantitative estimate of drug-likeness (QED) is 0.758. The topological polar surface area (TPSA) is 21.3 Å². The van der Waals surface area contributed by atoms with E-state index < -0.39 is 0 Å².